The number of hydrogen-bond donors (Lipinski definition) is 0. The Bertz CT molecular complexity index is 378. The zero-order valence-electron chi connectivity index (χ0n) is 8.86. The molecule has 3 heteroatoms. The number of para-hydroxylation sites is 1. The number of benzene rings is 1. The van der Waals surface area contributed by atoms with E-state index in [1.165, 1.54) is 29.7 Å². The van der Waals surface area contributed by atoms with E-state index in [-0.39, 0.29) is 0 Å². The van der Waals surface area contributed by atoms with E-state index < -0.39 is 0 Å². The van der Waals surface area contributed by atoms with Crippen LogP contribution in [0.15, 0.2) is 28.7 Å². The highest BCUT2D eigenvalue weighted by atomic mass is 79.9. The van der Waals surface area contributed by atoms with Gasteiger partial charge in [-0.3, -0.25) is 4.90 Å². The van der Waals surface area contributed by atoms with Crippen LogP contribution in [0.1, 0.15) is 6.42 Å². The van der Waals surface area contributed by atoms with Gasteiger partial charge in [-0.2, -0.15) is 0 Å². The van der Waals surface area contributed by atoms with Crippen molar-refractivity contribution in [2.24, 2.45) is 0 Å². The molecule has 2 fully saturated rings. The standard InChI is InChI=1S/C12H15BrN2/c1-14-7-10-6-9(14)8-15(10)12-5-3-2-4-11(12)13/h2-5,9-10H,6-8H2,1H3. The summed E-state index contributed by atoms with van der Waals surface area (Å²) in [6, 6.07) is 10.0. The normalized spacial score (nSPS) is 30.1. The number of hydrogen-bond acceptors (Lipinski definition) is 2. The van der Waals surface area contributed by atoms with E-state index in [2.05, 4.69) is 57.0 Å². The van der Waals surface area contributed by atoms with Gasteiger partial charge in [0.05, 0.1) is 5.69 Å². The molecule has 2 unspecified atom stereocenters. The van der Waals surface area contributed by atoms with E-state index in [0.717, 1.165) is 12.1 Å². The van der Waals surface area contributed by atoms with E-state index in [4.69, 9.17) is 0 Å². The first kappa shape index (κ1) is 9.67. The zero-order valence-corrected chi connectivity index (χ0v) is 10.4. The molecule has 80 valence electrons. The minimum atomic E-state index is 0.721. The number of piperazine rings is 1. The Labute approximate surface area is 99.0 Å². The average molecular weight is 267 g/mol. The number of likely N-dealkylation sites (tertiary alicyclic amines) is 1. The summed E-state index contributed by atoms with van der Waals surface area (Å²) in [6.45, 7) is 2.40. The van der Waals surface area contributed by atoms with Crippen molar-refractivity contribution in [2.75, 3.05) is 25.0 Å². The highest BCUT2D eigenvalue weighted by Gasteiger charge is 2.41. The van der Waals surface area contributed by atoms with Crippen molar-refractivity contribution in [3.05, 3.63) is 28.7 Å². The van der Waals surface area contributed by atoms with E-state index in [1.807, 2.05) is 0 Å². The van der Waals surface area contributed by atoms with E-state index in [1.54, 1.807) is 0 Å². The Morgan fingerprint density at radius 3 is 2.60 bits per heavy atom. The zero-order chi connectivity index (χ0) is 10.4. The molecular formula is C12H15BrN2. The van der Waals surface area contributed by atoms with Crippen molar-refractivity contribution in [1.82, 2.24) is 4.90 Å². The van der Waals surface area contributed by atoms with Crippen molar-refractivity contribution in [2.45, 2.75) is 18.5 Å². The second-order valence-electron chi connectivity index (χ2n) is 4.59. The molecule has 3 rings (SSSR count). The Morgan fingerprint density at radius 2 is 2.00 bits per heavy atom. The first-order valence-electron chi connectivity index (χ1n) is 5.47. The molecule has 0 spiro atoms. The molecule has 2 saturated heterocycles. The third kappa shape index (κ3) is 1.49. The Morgan fingerprint density at radius 1 is 1.20 bits per heavy atom. The monoisotopic (exact) mass is 266 g/mol. The van der Waals surface area contributed by atoms with Gasteiger partial charge >= 0.3 is 0 Å². The van der Waals surface area contributed by atoms with Gasteiger partial charge in [0.1, 0.15) is 0 Å². The molecule has 0 N–H and O–H groups in total. The number of rotatable bonds is 1. The lowest BCUT2D eigenvalue weighted by molar-refractivity contribution is 0.292. The number of anilines is 1. The molecule has 0 saturated carbocycles. The summed E-state index contributed by atoms with van der Waals surface area (Å²) in [4.78, 5) is 5.03. The van der Waals surface area contributed by atoms with Gasteiger partial charge in [0.2, 0.25) is 0 Å². The molecule has 2 aliphatic rings. The molecule has 0 aromatic heterocycles. The van der Waals surface area contributed by atoms with Crippen LogP contribution in [0.5, 0.6) is 0 Å². The second-order valence-corrected chi connectivity index (χ2v) is 5.44. The largest absolute Gasteiger partial charge is 0.365 e. The molecule has 1 aromatic rings. The van der Waals surface area contributed by atoms with Crippen LogP contribution in [0.2, 0.25) is 0 Å². The average Bonchev–Trinajstić information content (AvgIpc) is 2.77. The smallest absolute Gasteiger partial charge is 0.0514 e. The summed E-state index contributed by atoms with van der Waals surface area (Å²) in [5, 5.41) is 0. The molecule has 2 aliphatic heterocycles. The fourth-order valence-electron chi connectivity index (χ4n) is 2.85. The van der Waals surface area contributed by atoms with Gasteiger partial charge in [-0.05, 0) is 41.5 Å². The number of likely N-dealkylation sites (N-methyl/N-ethyl adjacent to an activating group) is 1. The van der Waals surface area contributed by atoms with Gasteiger partial charge in [-0.1, -0.05) is 12.1 Å². The summed E-state index contributed by atoms with van der Waals surface area (Å²) >= 11 is 3.64. The lowest BCUT2D eigenvalue weighted by Crippen LogP contribution is -2.44. The van der Waals surface area contributed by atoms with Gasteiger partial charge in [0.15, 0.2) is 0 Å². The van der Waals surface area contributed by atoms with E-state index >= 15 is 0 Å². The van der Waals surface area contributed by atoms with Crippen LogP contribution in [0, 0.1) is 0 Å². The van der Waals surface area contributed by atoms with Crippen molar-refractivity contribution in [1.29, 1.82) is 0 Å². The fraction of sp³-hybridized carbons (Fsp3) is 0.500. The van der Waals surface area contributed by atoms with Crippen LogP contribution in [-0.2, 0) is 0 Å². The number of nitrogens with zero attached hydrogens (tertiary/aromatic N) is 2. The summed E-state index contributed by atoms with van der Waals surface area (Å²) in [7, 11) is 2.24. The highest BCUT2D eigenvalue weighted by Crippen LogP contribution is 2.36. The summed E-state index contributed by atoms with van der Waals surface area (Å²) in [5.74, 6) is 0. The van der Waals surface area contributed by atoms with Crippen molar-refractivity contribution in [3.63, 3.8) is 0 Å². The Balaban J connectivity index is 1.89. The van der Waals surface area contributed by atoms with Crippen molar-refractivity contribution in [3.8, 4) is 0 Å². The van der Waals surface area contributed by atoms with Gasteiger partial charge in [0.25, 0.3) is 0 Å². The molecule has 2 bridgehead atoms. The third-order valence-corrected chi connectivity index (χ3v) is 4.35. The topological polar surface area (TPSA) is 6.48 Å². The minimum absolute atomic E-state index is 0.721. The van der Waals surface area contributed by atoms with E-state index in [0.29, 0.717) is 0 Å². The van der Waals surface area contributed by atoms with Crippen LogP contribution < -0.4 is 4.90 Å². The molecular weight excluding hydrogens is 252 g/mol. The quantitative estimate of drug-likeness (QED) is 0.770. The molecule has 15 heavy (non-hydrogen) atoms. The lowest BCUT2D eigenvalue weighted by atomic mass is 10.2. The Hall–Kier alpha value is -0.540. The second kappa shape index (κ2) is 3.49. The fourth-order valence-corrected chi connectivity index (χ4v) is 3.36. The summed E-state index contributed by atoms with van der Waals surface area (Å²) in [6.07, 6.45) is 1.33. The maximum absolute atomic E-state index is 3.64. The lowest BCUT2D eigenvalue weighted by Gasteiger charge is -2.34. The first-order valence-corrected chi connectivity index (χ1v) is 6.26. The molecule has 0 amide bonds. The van der Waals surface area contributed by atoms with Crippen molar-refractivity contribution >= 4 is 21.6 Å². The first-order chi connectivity index (χ1) is 7.25. The molecule has 2 heterocycles. The maximum atomic E-state index is 3.64. The van der Waals surface area contributed by atoms with Crippen LogP contribution in [0.25, 0.3) is 0 Å². The number of fused-ring (bicyclic) bond motifs is 2. The van der Waals surface area contributed by atoms with Crippen molar-refractivity contribution < 1.29 is 0 Å². The van der Waals surface area contributed by atoms with Gasteiger partial charge < -0.3 is 4.90 Å². The van der Waals surface area contributed by atoms with Gasteiger partial charge in [-0.15, -0.1) is 0 Å². The molecule has 0 aliphatic carbocycles. The van der Waals surface area contributed by atoms with E-state index in [9.17, 15) is 0 Å². The van der Waals surface area contributed by atoms with Crippen LogP contribution in [0.3, 0.4) is 0 Å². The highest BCUT2D eigenvalue weighted by molar-refractivity contribution is 9.10. The van der Waals surface area contributed by atoms with Crippen LogP contribution in [-0.4, -0.2) is 37.1 Å². The Kier molecular flexibility index (Phi) is 2.25. The minimum Gasteiger partial charge on any atom is -0.365 e. The third-order valence-electron chi connectivity index (χ3n) is 3.68. The van der Waals surface area contributed by atoms with Crippen LogP contribution >= 0.6 is 15.9 Å². The maximum Gasteiger partial charge on any atom is 0.0514 e. The van der Waals surface area contributed by atoms with Gasteiger partial charge in [-0.25, -0.2) is 0 Å². The summed E-state index contributed by atoms with van der Waals surface area (Å²) < 4.78 is 1.22. The molecule has 2 nitrogen and oxygen atoms in total. The summed E-state index contributed by atoms with van der Waals surface area (Å²) in [5.41, 5.74) is 1.36. The predicted molar refractivity (Wildman–Crippen MR) is 66.3 cm³/mol. The molecule has 0 radical (unpaired) electrons. The molecule has 1 aromatic carbocycles. The van der Waals surface area contributed by atoms with Crippen LogP contribution in [0.4, 0.5) is 5.69 Å². The molecule has 2 atom stereocenters. The van der Waals surface area contributed by atoms with Gasteiger partial charge in [0, 0.05) is 29.6 Å². The predicted octanol–water partition coefficient (Wildman–Crippen LogP) is 2.34. The number of halogens is 1. The SMILES string of the molecule is CN1CC2CC1CN2c1ccccc1Br.